The van der Waals surface area contributed by atoms with Crippen LogP contribution in [0.3, 0.4) is 0 Å². The van der Waals surface area contributed by atoms with Gasteiger partial charge in [-0.3, -0.25) is 4.98 Å². The molecule has 1 aromatic heterocycles. The summed E-state index contributed by atoms with van der Waals surface area (Å²) in [7, 11) is 0. The molecule has 6 heteroatoms. The number of rotatable bonds is 5. The predicted octanol–water partition coefficient (Wildman–Crippen LogP) is 3.14. The Morgan fingerprint density at radius 1 is 1.22 bits per heavy atom. The minimum Gasteiger partial charge on any atom is -0.462 e. The molecule has 0 fully saturated rings. The molecule has 0 aliphatic carbocycles. The van der Waals surface area contributed by atoms with Gasteiger partial charge in [-0.05, 0) is 49.7 Å². The second-order valence-corrected chi connectivity index (χ2v) is 4.90. The van der Waals surface area contributed by atoms with Crippen molar-refractivity contribution in [1.82, 2.24) is 10.3 Å². The van der Waals surface area contributed by atoms with Crippen LogP contribution >= 0.6 is 0 Å². The Morgan fingerprint density at radius 3 is 2.57 bits per heavy atom. The van der Waals surface area contributed by atoms with Crippen LogP contribution < -0.4 is 10.6 Å². The second kappa shape index (κ2) is 7.93. The van der Waals surface area contributed by atoms with Crippen LogP contribution in [0.25, 0.3) is 0 Å². The molecule has 2 aromatic rings. The summed E-state index contributed by atoms with van der Waals surface area (Å²) in [6, 6.07) is 9.75. The van der Waals surface area contributed by atoms with Gasteiger partial charge in [0.15, 0.2) is 0 Å². The maximum Gasteiger partial charge on any atom is 0.338 e. The molecule has 0 saturated carbocycles. The molecule has 2 rings (SSSR count). The highest BCUT2D eigenvalue weighted by Gasteiger charge is 2.10. The number of anilines is 1. The predicted molar refractivity (Wildman–Crippen MR) is 87.2 cm³/mol. The number of aromatic nitrogens is 1. The number of urea groups is 1. The van der Waals surface area contributed by atoms with Crippen molar-refractivity contribution >= 4 is 17.7 Å². The molecule has 2 amide bonds. The lowest BCUT2D eigenvalue weighted by atomic mass is 10.1. The average molecular weight is 313 g/mol. The molecule has 0 spiro atoms. The summed E-state index contributed by atoms with van der Waals surface area (Å²) >= 11 is 0. The highest BCUT2D eigenvalue weighted by molar-refractivity contribution is 5.92. The summed E-state index contributed by atoms with van der Waals surface area (Å²) in [6.45, 7) is 3.95. The zero-order chi connectivity index (χ0) is 16.7. The Kier molecular flexibility index (Phi) is 5.68. The number of nitrogens with zero attached hydrogens (tertiary/aromatic N) is 1. The molecular formula is C17H19N3O3. The van der Waals surface area contributed by atoms with E-state index in [0.717, 1.165) is 5.56 Å². The summed E-state index contributed by atoms with van der Waals surface area (Å²) in [5, 5.41) is 5.54. The highest BCUT2D eigenvalue weighted by atomic mass is 16.5. The number of pyridine rings is 1. The van der Waals surface area contributed by atoms with Crippen molar-refractivity contribution in [2.45, 2.75) is 19.9 Å². The largest absolute Gasteiger partial charge is 0.462 e. The van der Waals surface area contributed by atoms with Crippen molar-refractivity contribution < 1.29 is 14.3 Å². The van der Waals surface area contributed by atoms with Gasteiger partial charge in [0.25, 0.3) is 0 Å². The van der Waals surface area contributed by atoms with Crippen molar-refractivity contribution in [3.8, 4) is 0 Å². The van der Waals surface area contributed by atoms with Crippen molar-refractivity contribution in [2.24, 2.45) is 0 Å². The summed E-state index contributed by atoms with van der Waals surface area (Å²) < 4.78 is 4.91. The van der Waals surface area contributed by atoms with E-state index in [2.05, 4.69) is 15.6 Å². The molecule has 0 aliphatic rings. The van der Waals surface area contributed by atoms with E-state index >= 15 is 0 Å². The molecule has 1 atom stereocenters. The van der Waals surface area contributed by atoms with Crippen molar-refractivity contribution in [1.29, 1.82) is 0 Å². The van der Waals surface area contributed by atoms with E-state index in [9.17, 15) is 9.59 Å². The van der Waals surface area contributed by atoms with Crippen LogP contribution in [-0.2, 0) is 4.74 Å². The van der Waals surface area contributed by atoms with E-state index in [1.54, 1.807) is 43.6 Å². The second-order valence-electron chi connectivity index (χ2n) is 4.90. The fourth-order valence-electron chi connectivity index (χ4n) is 1.98. The Morgan fingerprint density at radius 2 is 1.96 bits per heavy atom. The first-order valence-corrected chi connectivity index (χ1v) is 7.34. The molecule has 6 nitrogen and oxygen atoms in total. The third kappa shape index (κ3) is 4.81. The Hall–Kier alpha value is -2.89. The van der Waals surface area contributed by atoms with Crippen LogP contribution in [0, 0.1) is 0 Å². The number of amides is 2. The lowest BCUT2D eigenvalue weighted by Crippen LogP contribution is -2.31. The van der Waals surface area contributed by atoms with E-state index in [1.165, 1.54) is 0 Å². The molecule has 0 bridgehead atoms. The standard InChI is InChI=1S/C17H19N3O3/c1-3-23-16(21)13-6-8-15(9-7-13)20-17(22)19-12(2)14-5-4-10-18-11-14/h4-12H,3H2,1-2H3,(H2,19,20,22). The van der Waals surface area contributed by atoms with Crippen LogP contribution in [0.15, 0.2) is 48.8 Å². The van der Waals surface area contributed by atoms with Crippen molar-refractivity contribution in [3.63, 3.8) is 0 Å². The number of benzene rings is 1. The third-order valence-electron chi connectivity index (χ3n) is 3.19. The molecule has 23 heavy (non-hydrogen) atoms. The van der Waals surface area contributed by atoms with E-state index in [1.807, 2.05) is 19.1 Å². The van der Waals surface area contributed by atoms with E-state index < -0.39 is 0 Å². The maximum atomic E-state index is 12.0. The molecule has 0 aliphatic heterocycles. The monoisotopic (exact) mass is 313 g/mol. The highest BCUT2D eigenvalue weighted by Crippen LogP contribution is 2.13. The molecule has 1 heterocycles. The van der Waals surface area contributed by atoms with Crippen molar-refractivity contribution in [3.05, 3.63) is 59.9 Å². The molecule has 120 valence electrons. The average Bonchev–Trinajstić information content (AvgIpc) is 2.56. The van der Waals surface area contributed by atoms with Crippen LogP contribution in [0.2, 0.25) is 0 Å². The number of nitrogens with one attached hydrogen (secondary N) is 2. The third-order valence-corrected chi connectivity index (χ3v) is 3.19. The first-order chi connectivity index (χ1) is 11.1. The number of hydrogen-bond acceptors (Lipinski definition) is 4. The fourth-order valence-corrected chi connectivity index (χ4v) is 1.98. The van der Waals surface area contributed by atoms with Gasteiger partial charge in [-0.15, -0.1) is 0 Å². The minimum atomic E-state index is -0.381. The van der Waals surface area contributed by atoms with Crippen molar-refractivity contribution in [2.75, 3.05) is 11.9 Å². The zero-order valence-corrected chi connectivity index (χ0v) is 13.1. The van der Waals surface area contributed by atoms with Gasteiger partial charge in [0, 0.05) is 18.1 Å². The zero-order valence-electron chi connectivity index (χ0n) is 13.1. The number of carbonyl (C=O) groups excluding carboxylic acids is 2. The van der Waals surface area contributed by atoms with E-state index in [-0.39, 0.29) is 18.0 Å². The summed E-state index contributed by atoms with van der Waals surface area (Å²) in [5.74, 6) is -0.381. The SMILES string of the molecule is CCOC(=O)c1ccc(NC(=O)NC(C)c2cccnc2)cc1. The lowest BCUT2D eigenvalue weighted by Gasteiger charge is -2.14. The molecule has 2 N–H and O–H groups in total. The van der Waals surface area contributed by atoms with E-state index in [0.29, 0.717) is 17.9 Å². The first kappa shape index (κ1) is 16.5. The van der Waals surface area contributed by atoms with Gasteiger partial charge in [0.2, 0.25) is 0 Å². The molecule has 1 unspecified atom stereocenters. The van der Waals surface area contributed by atoms with Crippen LogP contribution in [0.1, 0.15) is 35.8 Å². The van der Waals surface area contributed by atoms with Gasteiger partial charge >= 0.3 is 12.0 Å². The summed E-state index contributed by atoms with van der Waals surface area (Å²) in [4.78, 5) is 27.6. The number of hydrogen-bond donors (Lipinski definition) is 2. The molecular weight excluding hydrogens is 294 g/mol. The minimum absolute atomic E-state index is 0.164. The Bertz CT molecular complexity index is 657. The summed E-state index contributed by atoms with van der Waals surface area (Å²) in [5.41, 5.74) is 1.95. The van der Waals surface area contributed by atoms with Gasteiger partial charge in [-0.25, -0.2) is 9.59 Å². The van der Waals surface area contributed by atoms with Crippen LogP contribution in [-0.4, -0.2) is 23.6 Å². The van der Waals surface area contributed by atoms with Gasteiger partial charge in [-0.2, -0.15) is 0 Å². The number of carbonyl (C=O) groups is 2. The maximum absolute atomic E-state index is 12.0. The van der Waals surface area contributed by atoms with Gasteiger partial charge in [0.05, 0.1) is 18.2 Å². The molecule has 0 radical (unpaired) electrons. The van der Waals surface area contributed by atoms with Gasteiger partial charge in [-0.1, -0.05) is 6.07 Å². The fraction of sp³-hybridized carbons (Fsp3) is 0.235. The van der Waals surface area contributed by atoms with Crippen LogP contribution in [0.5, 0.6) is 0 Å². The van der Waals surface area contributed by atoms with E-state index in [4.69, 9.17) is 4.74 Å². The van der Waals surface area contributed by atoms with Gasteiger partial charge in [0.1, 0.15) is 0 Å². The molecule has 1 aromatic carbocycles. The normalized spacial score (nSPS) is 11.4. The van der Waals surface area contributed by atoms with Crippen LogP contribution in [0.4, 0.5) is 10.5 Å². The number of esters is 1. The molecule has 0 saturated heterocycles. The summed E-state index contributed by atoms with van der Waals surface area (Å²) in [6.07, 6.45) is 3.39. The first-order valence-electron chi connectivity index (χ1n) is 7.34. The lowest BCUT2D eigenvalue weighted by molar-refractivity contribution is 0.0526. The smallest absolute Gasteiger partial charge is 0.338 e. The topological polar surface area (TPSA) is 80.3 Å². The van der Waals surface area contributed by atoms with Gasteiger partial charge < -0.3 is 15.4 Å². The Balaban J connectivity index is 1.91. The quantitative estimate of drug-likeness (QED) is 0.831. The Labute approximate surface area is 134 Å². The number of ether oxygens (including phenoxy) is 1.